The molecule has 0 radical (unpaired) electrons. The van der Waals surface area contributed by atoms with Crippen LogP contribution in [0.1, 0.15) is 30.5 Å². The van der Waals surface area contributed by atoms with Crippen LogP contribution in [0, 0.1) is 0 Å². The van der Waals surface area contributed by atoms with Crippen molar-refractivity contribution in [2.45, 2.75) is 32.0 Å². The molecule has 3 rings (SSSR count). The summed E-state index contributed by atoms with van der Waals surface area (Å²) >= 11 is 5.94. The fourth-order valence-corrected chi connectivity index (χ4v) is 5.38. The topological polar surface area (TPSA) is 71.1 Å². The number of hydrogen-bond donors (Lipinski definition) is 1. The minimum absolute atomic E-state index is 0.0354. The normalized spacial score (nSPS) is 19.3. The average Bonchev–Trinajstić information content (AvgIpc) is 3.04. The molecular weight excluding hydrogens is 396 g/mol. The summed E-state index contributed by atoms with van der Waals surface area (Å²) in [6.07, 6.45) is 0.508. The van der Waals surface area contributed by atoms with Crippen LogP contribution in [0.4, 0.5) is 0 Å². The van der Waals surface area contributed by atoms with Crippen molar-refractivity contribution in [3.8, 4) is 0 Å². The van der Waals surface area contributed by atoms with Crippen LogP contribution in [-0.4, -0.2) is 43.3 Å². The highest BCUT2D eigenvalue weighted by molar-refractivity contribution is 7.91. The van der Waals surface area contributed by atoms with Crippen molar-refractivity contribution in [2.24, 2.45) is 0 Å². The van der Waals surface area contributed by atoms with Gasteiger partial charge >= 0.3 is 0 Å². The van der Waals surface area contributed by atoms with Gasteiger partial charge in [-0.25, -0.2) is 8.42 Å². The van der Waals surface area contributed by atoms with E-state index in [1.165, 1.54) is 0 Å². The molecular formula is C21H26ClN2O3S+. The van der Waals surface area contributed by atoms with E-state index in [4.69, 9.17) is 11.6 Å². The number of benzene rings is 2. The van der Waals surface area contributed by atoms with Crippen LogP contribution >= 0.6 is 11.6 Å². The Kier molecular flexibility index (Phi) is 6.75. The minimum atomic E-state index is -3.06. The molecule has 0 aromatic heterocycles. The second-order valence-electron chi connectivity index (χ2n) is 7.34. The van der Waals surface area contributed by atoms with Gasteiger partial charge in [-0.2, -0.15) is 0 Å². The van der Waals surface area contributed by atoms with Gasteiger partial charge in [-0.3, -0.25) is 4.79 Å². The molecule has 1 heterocycles. The maximum atomic E-state index is 13.0. The Morgan fingerprint density at radius 3 is 2.46 bits per heavy atom. The number of halogens is 1. The molecule has 0 aliphatic carbocycles. The van der Waals surface area contributed by atoms with Gasteiger partial charge in [-0.1, -0.05) is 54.1 Å². The van der Waals surface area contributed by atoms with Gasteiger partial charge in [0.25, 0.3) is 5.91 Å². The maximum Gasteiger partial charge on any atom is 0.278 e. The van der Waals surface area contributed by atoms with Crippen molar-refractivity contribution in [1.29, 1.82) is 0 Å². The highest BCUT2D eigenvalue weighted by Crippen LogP contribution is 2.20. The van der Waals surface area contributed by atoms with Crippen LogP contribution in [0.5, 0.6) is 0 Å². The molecule has 2 aromatic rings. The molecule has 5 nitrogen and oxygen atoms in total. The van der Waals surface area contributed by atoms with Crippen molar-refractivity contribution in [2.75, 3.05) is 18.1 Å². The van der Waals surface area contributed by atoms with Gasteiger partial charge in [0.05, 0.1) is 11.5 Å². The van der Waals surface area contributed by atoms with E-state index in [2.05, 4.69) is 0 Å². The van der Waals surface area contributed by atoms with Crippen LogP contribution in [-0.2, 0) is 21.2 Å². The van der Waals surface area contributed by atoms with E-state index in [-0.39, 0.29) is 36.0 Å². The van der Waals surface area contributed by atoms with Gasteiger partial charge in [-0.05, 0) is 31.0 Å². The summed E-state index contributed by atoms with van der Waals surface area (Å²) < 4.78 is 23.9. The van der Waals surface area contributed by atoms with E-state index >= 15 is 0 Å². The summed E-state index contributed by atoms with van der Waals surface area (Å²) in [4.78, 5) is 14.8. The molecule has 0 bridgehead atoms. The Morgan fingerprint density at radius 1 is 1.18 bits per heavy atom. The van der Waals surface area contributed by atoms with E-state index in [1.807, 2.05) is 66.8 Å². The molecule has 1 aliphatic heterocycles. The van der Waals surface area contributed by atoms with Gasteiger partial charge < -0.3 is 10.2 Å². The van der Waals surface area contributed by atoms with Crippen molar-refractivity contribution in [3.63, 3.8) is 0 Å². The second-order valence-corrected chi connectivity index (χ2v) is 10.0. The Labute approximate surface area is 171 Å². The van der Waals surface area contributed by atoms with Crippen molar-refractivity contribution < 1.29 is 18.5 Å². The predicted octanol–water partition coefficient (Wildman–Crippen LogP) is 2.18. The first kappa shape index (κ1) is 20.8. The zero-order valence-electron chi connectivity index (χ0n) is 15.9. The number of nitrogens with two attached hydrogens (primary N) is 1. The number of carbonyl (C=O) groups excluding carboxylic acids is 1. The molecule has 2 aromatic carbocycles. The van der Waals surface area contributed by atoms with E-state index < -0.39 is 9.84 Å². The standard InChI is InChI=1S/C21H25ClN2O3S/c1-16(18-7-9-19(22)10-8-18)23-13-21(25)24(14-17-5-3-2-4-6-17)20-11-12-28(26,27)15-20/h2-10,16,20,23H,11-15H2,1H3/p+1/t16-,20-/m0/s1. The highest BCUT2D eigenvalue weighted by Gasteiger charge is 2.35. The van der Waals surface area contributed by atoms with E-state index in [9.17, 15) is 13.2 Å². The summed E-state index contributed by atoms with van der Waals surface area (Å²) in [5.41, 5.74) is 2.10. The number of quaternary nitrogens is 1. The number of sulfone groups is 1. The predicted molar refractivity (Wildman–Crippen MR) is 111 cm³/mol. The summed E-state index contributed by atoms with van der Waals surface area (Å²) in [7, 11) is -3.06. The summed E-state index contributed by atoms with van der Waals surface area (Å²) in [6.45, 7) is 2.74. The quantitative estimate of drug-likeness (QED) is 0.744. The Hall–Kier alpha value is -1.89. The fourth-order valence-electron chi connectivity index (χ4n) is 3.52. The zero-order valence-corrected chi connectivity index (χ0v) is 17.5. The Balaban J connectivity index is 1.68. The summed E-state index contributed by atoms with van der Waals surface area (Å²) in [5.74, 6) is 0.172. The molecule has 7 heteroatoms. The lowest BCUT2D eigenvalue weighted by Gasteiger charge is -2.28. The van der Waals surface area contributed by atoms with Crippen molar-refractivity contribution >= 4 is 27.3 Å². The second kappa shape index (κ2) is 9.07. The Bertz CT molecular complexity index is 901. The largest absolute Gasteiger partial charge is 0.333 e. The van der Waals surface area contributed by atoms with Crippen LogP contribution in [0.2, 0.25) is 5.02 Å². The lowest BCUT2D eigenvalue weighted by molar-refractivity contribution is -0.683. The first-order valence-electron chi connectivity index (χ1n) is 9.47. The van der Waals surface area contributed by atoms with Crippen LogP contribution in [0.25, 0.3) is 0 Å². The van der Waals surface area contributed by atoms with Crippen molar-refractivity contribution in [3.05, 3.63) is 70.7 Å². The SMILES string of the molecule is C[C@H]([NH2+]CC(=O)N(Cc1ccccc1)[C@H]1CCS(=O)(=O)C1)c1ccc(Cl)cc1. The number of amides is 1. The maximum absolute atomic E-state index is 13.0. The van der Waals surface area contributed by atoms with Gasteiger partial charge in [0, 0.05) is 23.2 Å². The van der Waals surface area contributed by atoms with Crippen LogP contribution < -0.4 is 5.32 Å². The zero-order chi connectivity index (χ0) is 20.1. The molecule has 2 atom stereocenters. The average molecular weight is 422 g/mol. The summed E-state index contributed by atoms with van der Waals surface area (Å²) in [6, 6.07) is 17.2. The first-order valence-corrected chi connectivity index (χ1v) is 11.7. The van der Waals surface area contributed by atoms with Gasteiger partial charge in [0.15, 0.2) is 16.4 Å². The molecule has 0 unspecified atom stereocenters. The third-order valence-electron chi connectivity index (χ3n) is 5.21. The molecule has 0 spiro atoms. The molecule has 1 amide bonds. The number of carbonyl (C=O) groups is 1. The molecule has 0 saturated carbocycles. The van der Waals surface area contributed by atoms with E-state index in [0.717, 1.165) is 11.1 Å². The molecule has 1 aliphatic rings. The number of nitrogens with zero attached hydrogens (tertiary/aromatic N) is 1. The third kappa shape index (κ3) is 5.56. The van der Waals surface area contributed by atoms with E-state index in [1.54, 1.807) is 4.90 Å². The molecule has 28 heavy (non-hydrogen) atoms. The molecule has 150 valence electrons. The van der Waals surface area contributed by atoms with Gasteiger partial charge in [-0.15, -0.1) is 0 Å². The molecule has 1 fully saturated rings. The monoisotopic (exact) mass is 421 g/mol. The first-order chi connectivity index (χ1) is 13.3. The van der Waals surface area contributed by atoms with Crippen LogP contribution in [0.3, 0.4) is 0 Å². The fraction of sp³-hybridized carbons (Fsp3) is 0.381. The Morgan fingerprint density at radius 2 is 1.86 bits per heavy atom. The molecule has 2 N–H and O–H groups in total. The van der Waals surface area contributed by atoms with Crippen LogP contribution in [0.15, 0.2) is 54.6 Å². The minimum Gasteiger partial charge on any atom is -0.333 e. The number of rotatable bonds is 7. The van der Waals surface area contributed by atoms with Gasteiger partial charge in [0.1, 0.15) is 6.04 Å². The highest BCUT2D eigenvalue weighted by atomic mass is 35.5. The lowest BCUT2D eigenvalue weighted by atomic mass is 10.1. The van der Waals surface area contributed by atoms with Gasteiger partial charge in [0.2, 0.25) is 0 Å². The smallest absolute Gasteiger partial charge is 0.278 e. The van der Waals surface area contributed by atoms with Crippen molar-refractivity contribution in [1.82, 2.24) is 4.90 Å². The number of hydrogen-bond acceptors (Lipinski definition) is 3. The summed E-state index contributed by atoms with van der Waals surface area (Å²) in [5, 5.41) is 2.66. The molecule has 1 saturated heterocycles. The lowest BCUT2D eigenvalue weighted by Crippen LogP contribution is -2.87. The van der Waals surface area contributed by atoms with E-state index in [0.29, 0.717) is 18.0 Å². The third-order valence-corrected chi connectivity index (χ3v) is 7.21.